The van der Waals surface area contributed by atoms with Crippen LogP contribution in [0, 0.1) is 17.5 Å². The van der Waals surface area contributed by atoms with E-state index >= 15 is 4.39 Å². The van der Waals surface area contributed by atoms with Crippen LogP contribution in [0.3, 0.4) is 0 Å². The number of hydrogen-bond donors (Lipinski definition) is 1. The molecule has 1 unspecified atom stereocenters. The highest BCUT2D eigenvalue weighted by Gasteiger charge is 2.37. The molecule has 1 saturated heterocycles. The molecule has 4 aromatic rings. The molecule has 0 spiro atoms. The summed E-state index contributed by atoms with van der Waals surface area (Å²) in [5.41, 5.74) is 8.23. The summed E-state index contributed by atoms with van der Waals surface area (Å²) in [6.45, 7) is 0.161. The molecule has 2 N–H and O–H groups in total. The Hall–Kier alpha value is -4.08. The number of amides is 2. The van der Waals surface area contributed by atoms with Crippen LogP contribution in [0.1, 0.15) is 11.6 Å². The van der Waals surface area contributed by atoms with Crippen LogP contribution in [-0.2, 0) is 7.05 Å². The molecule has 2 aromatic heterocycles. The molecule has 5 rings (SSSR count). The summed E-state index contributed by atoms with van der Waals surface area (Å²) >= 11 is 0. The Morgan fingerprint density at radius 1 is 0.970 bits per heavy atom. The topological polar surface area (TPSA) is 80.3 Å². The molecule has 3 heterocycles. The Morgan fingerprint density at radius 3 is 2.48 bits per heavy atom. The summed E-state index contributed by atoms with van der Waals surface area (Å²) in [6, 6.07) is 7.13. The van der Waals surface area contributed by atoms with Gasteiger partial charge in [-0.3, -0.25) is 4.90 Å². The third-order valence-electron chi connectivity index (χ3n) is 6.02. The molecule has 2 aromatic carbocycles. The van der Waals surface area contributed by atoms with Crippen molar-refractivity contribution in [3.63, 3.8) is 0 Å². The van der Waals surface area contributed by atoms with E-state index in [2.05, 4.69) is 9.97 Å². The second kappa shape index (κ2) is 7.51. The predicted octanol–water partition coefficient (Wildman–Crippen LogP) is 4.25. The average Bonchev–Trinajstić information content (AvgIpc) is 3.28. The quantitative estimate of drug-likeness (QED) is 0.504. The van der Waals surface area contributed by atoms with E-state index in [-0.39, 0.29) is 18.4 Å². The van der Waals surface area contributed by atoms with Crippen LogP contribution in [0.4, 0.5) is 29.5 Å². The fraction of sp³-hybridized carbons (Fsp3) is 0.174. The summed E-state index contributed by atoms with van der Waals surface area (Å²) in [7, 11) is 3.35. The smallest absolute Gasteiger partial charge is 0.324 e. The van der Waals surface area contributed by atoms with Crippen molar-refractivity contribution < 1.29 is 18.0 Å². The van der Waals surface area contributed by atoms with E-state index in [1.165, 1.54) is 28.3 Å². The molecule has 0 aliphatic carbocycles. The molecule has 10 heteroatoms. The number of carbonyl (C=O) groups is 1. The second-order valence-electron chi connectivity index (χ2n) is 7.97. The molecule has 7 nitrogen and oxygen atoms in total. The van der Waals surface area contributed by atoms with Crippen LogP contribution in [0.2, 0.25) is 0 Å². The maximum absolute atomic E-state index is 15.3. The minimum atomic E-state index is -0.986. The molecular formula is C23H19F3N6O. The van der Waals surface area contributed by atoms with Gasteiger partial charge in [-0.05, 0) is 35.9 Å². The van der Waals surface area contributed by atoms with E-state index in [0.29, 0.717) is 33.4 Å². The normalized spacial score (nSPS) is 16.3. The minimum Gasteiger partial charge on any atom is -0.383 e. The zero-order valence-electron chi connectivity index (χ0n) is 17.8. The van der Waals surface area contributed by atoms with Gasteiger partial charge in [-0.15, -0.1) is 0 Å². The van der Waals surface area contributed by atoms with Gasteiger partial charge in [0.1, 0.15) is 23.6 Å². The van der Waals surface area contributed by atoms with Crippen molar-refractivity contribution in [1.29, 1.82) is 0 Å². The molecule has 168 valence electrons. The molecular weight excluding hydrogens is 433 g/mol. The molecule has 1 aliphatic heterocycles. The molecule has 1 atom stereocenters. The number of hydrogen-bond acceptors (Lipinski definition) is 4. The zero-order chi connectivity index (χ0) is 23.4. The largest absolute Gasteiger partial charge is 0.383 e. The van der Waals surface area contributed by atoms with Crippen LogP contribution in [0.15, 0.2) is 48.9 Å². The monoisotopic (exact) mass is 452 g/mol. The first-order chi connectivity index (χ1) is 15.8. The van der Waals surface area contributed by atoms with E-state index in [9.17, 15) is 13.6 Å². The lowest BCUT2D eigenvalue weighted by molar-refractivity contribution is 0.219. The van der Waals surface area contributed by atoms with Crippen molar-refractivity contribution >= 4 is 28.6 Å². The Morgan fingerprint density at radius 2 is 1.76 bits per heavy atom. The first kappa shape index (κ1) is 20.8. The lowest BCUT2D eigenvalue weighted by atomic mass is 10.0. The van der Waals surface area contributed by atoms with Crippen molar-refractivity contribution in [2.24, 2.45) is 7.05 Å². The van der Waals surface area contributed by atoms with Gasteiger partial charge in [0.15, 0.2) is 11.6 Å². The molecule has 2 amide bonds. The number of nitrogens with zero attached hydrogens (tertiary/aromatic N) is 5. The third kappa shape index (κ3) is 3.25. The third-order valence-corrected chi connectivity index (χ3v) is 6.02. The number of urea groups is 1. The predicted molar refractivity (Wildman–Crippen MR) is 118 cm³/mol. The van der Waals surface area contributed by atoms with Gasteiger partial charge in [0.25, 0.3) is 0 Å². The Bertz CT molecular complexity index is 1420. The van der Waals surface area contributed by atoms with Crippen LogP contribution in [-0.4, -0.2) is 39.1 Å². The van der Waals surface area contributed by atoms with Crippen molar-refractivity contribution in [3.8, 4) is 11.1 Å². The van der Waals surface area contributed by atoms with Gasteiger partial charge in [0.2, 0.25) is 0 Å². The van der Waals surface area contributed by atoms with Crippen molar-refractivity contribution in [2.75, 3.05) is 24.2 Å². The van der Waals surface area contributed by atoms with E-state index in [1.54, 1.807) is 37.0 Å². The van der Waals surface area contributed by atoms with Crippen LogP contribution >= 0.6 is 0 Å². The number of aromatic nitrogens is 3. The molecule has 33 heavy (non-hydrogen) atoms. The Balaban J connectivity index is 1.50. The standard InChI is InChI=1S/C23H19F3N6O/c1-30-9-15(20-21(27)28-11-29-22(20)30)14-5-4-13(8-17(14)25)32-10-19(31(2)23(32)33)12-3-6-16(24)18(26)7-12/h3-9,11,19H,10H2,1-2H3,(H2,27,28,29). The van der Waals surface area contributed by atoms with Gasteiger partial charge >= 0.3 is 6.03 Å². The summed E-state index contributed by atoms with van der Waals surface area (Å²) in [5.74, 6) is -2.25. The summed E-state index contributed by atoms with van der Waals surface area (Å²) in [6.07, 6.45) is 3.07. The molecule has 0 saturated carbocycles. The lowest BCUT2D eigenvalue weighted by Gasteiger charge is -2.18. The van der Waals surface area contributed by atoms with E-state index in [4.69, 9.17) is 5.73 Å². The van der Waals surface area contributed by atoms with Crippen molar-refractivity contribution in [1.82, 2.24) is 19.4 Å². The van der Waals surface area contributed by atoms with Gasteiger partial charge in [0, 0.05) is 37.1 Å². The number of nitrogen functional groups attached to an aromatic ring is 1. The minimum absolute atomic E-state index is 0.161. The number of anilines is 2. The number of fused-ring (bicyclic) bond motifs is 1. The van der Waals surface area contributed by atoms with E-state index in [1.807, 2.05) is 0 Å². The number of nitrogens with two attached hydrogens (primary N) is 1. The molecule has 1 fully saturated rings. The first-order valence-electron chi connectivity index (χ1n) is 10.1. The number of carbonyl (C=O) groups excluding carboxylic acids is 1. The Kier molecular flexibility index (Phi) is 4.73. The van der Waals surface area contributed by atoms with Gasteiger partial charge < -0.3 is 15.2 Å². The fourth-order valence-corrected chi connectivity index (χ4v) is 4.29. The van der Waals surface area contributed by atoms with Crippen LogP contribution in [0.25, 0.3) is 22.2 Å². The zero-order valence-corrected chi connectivity index (χ0v) is 17.8. The number of halogens is 3. The summed E-state index contributed by atoms with van der Waals surface area (Å²) in [4.78, 5) is 23.9. The maximum atomic E-state index is 15.3. The van der Waals surface area contributed by atoms with Crippen molar-refractivity contribution in [3.05, 3.63) is 71.9 Å². The summed E-state index contributed by atoms with van der Waals surface area (Å²) < 4.78 is 44.0. The molecule has 0 bridgehead atoms. The highest BCUT2D eigenvalue weighted by Crippen LogP contribution is 2.37. The summed E-state index contributed by atoms with van der Waals surface area (Å²) in [5, 5.41) is 0.544. The lowest BCUT2D eigenvalue weighted by Crippen LogP contribution is -2.29. The second-order valence-corrected chi connectivity index (χ2v) is 7.97. The average molecular weight is 452 g/mol. The SMILES string of the molecule is CN1C(=O)N(c2ccc(-c3cn(C)c4ncnc(N)c34)c(F)c2)CC1c1ccc(F)c(F)c1. The fourth-order valence-electron chi connectivity index (χ4n) is 4.29. The van der Waals surface area contributed by atoms with Gasteiger partial charge in [-0.1, -0.05) is 6.07 Å². The number of rotatable bonds is 3. The van der Waals surface area contributed by atoms with E-state index < -0.39 is 23.5 Å². The molecule has 0 radical (unpaired) electrons. The first-order valence-corrected chi connectivity index (χ1v) is 10.1. The maximum Gasteiger partial charge on any atom is 0.324 e. The van der Waals surface area contributed by atoms with Gasteiger partial charge in [0.05, 0.1) is 18.0 Å². The number of likely N-dealkylation sites (N-methyl/N-ethyl adjacent to an activating group) is 1. The molecule has 1 aliphatic rings. The van der Waals surface area contributed by atoms with Crippen LogP contribution < -0.4 is 10.6 Å². The number of benzene rings is 2. The highest BCUT2D eigenvalue weighted by atomic mass is 19.2. The van der Waals surface area contributed by atoms with Crippen LogP contribution in [0.5, 0.6) is 0 Å². The highest BCUT2D eigenvalue weighted by molar-refractivity contribution is 6.01. The van der Waals surface area contributed by atoms with Crippen molar-refractivity contribution in [2.45, 2.75) is 6.04 Å². The van der Waals surface area contributed by atoms with Gasteiger partial charge in [-0.25, -0.2) is 27.9 Å². The van der Waals surface area contributed by atoms with Gasteiger partial charge in [-0.2, -0.15) is 0 Å². The van der Waals surface area contributed by atoms with E-state index in [0.717, 1.165) is 12.1 Å². The Labute approximate surface area is 186 Å². The number of aryl methyl sites for hydroxylation is 1.